The molecule has 4 heteroatoms. The molecule has 2 N–H and O–H groups in total. The largest absolute Gasteiger partial charge is 0.508 e. The molecule has 0 bridgehead atoms. The number of phenols is 2. The zero-order valence-corrected chi connectivity index (χ0v) is 15.4. The van der Waals surface area contributed by atoms with E-state index in [-0.39, 0.29) is 22.6 Å². The van der Waals surface area contributed by atoms with Crippen LogP contribution in [0, 0.1) is 0 Å². The van der Waals surface area contributed by atoms with Crippen molar-refractivity contribution in [2.75, 3.05) is 0 Å². The summed E-state index contributed by atoms with van der Waals surface area (Å²) in [5.41, 5.74) is 2.03. The Morgan fingerprint density at radius 2 is 1.08 bits per heavy atom. The third kappa shape index (κ3) is 5.19. The topological polar surface area (TPSA) is 74.6 Å². The number of benzene rings is 2. The van der Waals surface area contributed by atoms with Crippen molar-refractivity contribution in [1.82, 2.24) is 0 Å². The fourth-order valence-corrected chi connectivity index (χ4v) is 2.92. The molecule has 2 rings (SSSR count). The SMILES string of the molecule is CCCCc1cc(O)cc(C(=O)C(=O)c2cc(O)cc(CCCC)c2)c1. The molecule has 0 aromatic heterocycles. The molecular formula is C22H26O4. The second kappa shape index (κ2) is 9.18. The summed E-state index contributed by atoms with van der Waals surface area (Å²) in [7, 11) is 0. The van der Waals surface area contributed by atoms with E-state index >= 15 is 0 Å². The van der Waals surface area contributed by atoms with Crippen LogP contribution in [0.5, 0.6) is 11.5 Å². The van der Waals surface area contributed by atoms with E-state index in [1.54, 1.807) is 24.3 Å². The molecule has 4 nitrogen and oxygen atoms in total. The minimum atomic E-state index is -0.675. The van der Waals surface area contributed by atoms with E-state index in [1.807, 2.05) is 0 Å². The molecule has 2 aromatic carbocycles. The smallest absolute Gasteiger partial charge is 0.233 e. The summed E-state index contributed by atoms with van der Waals surface area (Å²) < 4.78 is 0. The van der Waals surface area contributed by atoms with Crippen molar-refractivity contribution < 1.29 is 19.8 Å². The van der Waals surface area contributed by atoms with Crippen LogP contribution in [0.25, 0.3) is 0 Å². The molecule has 0 spiro atoms. The van der Waals surface area contributed by atoms with E-state index in [1.165, 1.54) is 12.1 Å². The number of unbranched alkanes of at least 4 members (excludes halogenated alkanes) is 2. The molecule has 0 atom stereocenters. The van der Waals surface area contributed by atoms with E-state index in [2.05, 4.69) is 13.8 Å². The Morgan fingerprint density at radius 1 is 0.692 bits per heavy atom. The minimum Gasteiger partial charge on any atom is -0.508 e. The second-order valence-electron chi connectivity index (χ2n) is 6.64. The molecule has 0 amide bonds. The van der Waals surface area contributed by atoms with Gasteiger partial charge in [-0.15, -0.1) is 0 Å². The lowest BCUT2D eigenvalue weighted by atomic mass is 9.96. The maximum Gasteiger partial charge on any atom is 0.233 e. The average Bonchev–Trinajstić information content (AvgIpc) is 2.62. The number of hydrogen-bond acceptors (Lipinski definition) is 4. The summed E-state index contributed by atoms with van der Waals surface area (Å²) in [6.07, 6.45) is 5.37. The van der Waals surface area contributed by atoms with Gasteiger partial charge < -0.3 is 10.2 Å². The third-order valence-electron chi connectivity index (χ3n) is 4.32. The molecule has 0 unspecified atom stereocenters. The lowest BCUT2D eigenvalue weighted by Crippen LogP contribution is -2.15. The van der Waals surface area contributed by atoms with Gasteiger partial charge in [0.25, 0.3) is 0 Å². The summed E-state index contributed by atoms with van der Waals surface area (Å²) in [5.74, 6) is -1.39. The van der Waals surface area contributed by atoms with Gasteiger partial charge in [-0.1, -0.05) is 26.7 Å². The highest BCUT2D eigenvalue weighted by atomic mass is 16.3. The zero-order chi connectivity index (χ0) is 19.1. The van der Waals surface area contributed by atoms with Gasteiger partial charge in [0.15, 0.2) is 0 Å². The minimum absolute atomic E-state index is 0.0192. The fourth-order valence-electron chi connectivity index (χ4n) is 2.92. The van der Waals surface area contributed by atoms with Gasteiger partial charge in [-0.2, -0.15) is 0 Å². The molecule has 0 fully saturated rings. The van der Waals surface area contributed by atoms with Crippen molar-refractivity contribution in [2.24, 2.45) is 0 Å². The predicted octanol–water partition coefficient (Wildman–Crippen LogP) is 4.85. The maximum atomic E-state index is 12.6. The van der Waals surface area contributed by atoms with Gasteiger partial charge in [-0.25, -0.2) is 0 Å². The van der Waals surface area contributed by atoms with Crippen molar-refractivity contribution in [3.8, 4) is 11.5 Å². The molecule has 0 saturated heterocycles. The number of hydrogen-bond donors (Lipinski definition) is 2. The Kier molecular flexibility index (Phi) is 6.96. The Hall–Kier alpha value is -2.62. The van der Waals surface area contributed by atoms with Gasteiger partial charge >= 0.3 is 0 Å². The standard InChI is InChI=1S/C22H26O4/c1-3-5-7-15-9-17(13-19(23)11-15)21(25)22(26)18-10-16(8-6-4-2)12-20(24)14-18/h9-14,23-24H,3-8H2,1-2H3. The zero-order valence-electron chi connectivity index (χ0n) is 15.4. The quantitative estimate of drug-likeness (QED) is 0.499. The fraction of sp³-hybridized carbons (Fsp3) is 0.364. The molecule has 0 heterocycles. The van der Waals surface area contributed by atoms with Gasteiger partial charge in [-0.05, 0) is 73.2 Å². The molecule has 26 heavy (non-hydrogen) atoms. The highest BCUT2D eigenvalue weighted by Gasteiger charge is 2.20. The van der Waals surface area contributed by atoms with Crippen LogP contribution in [0.3, 0.4) is 0 Å². The highest BCUT2D eigenvalue weighted by molar-refractivity contribution is 6.49. The van der Waals surface area contributed by atoms with Crippen LogP contribution in [0.2, 0.25) is 0 Å². The Morgan fingerprint density at radius 3 is 1.42 bits per heavy atom. The van der Waals surface area contributed by atoms with Gasteiger partial charge in [0, 0.05) is 11.1 Å². The molecule has 138 valence electrons. The molecule has 0 radical (unpaired) electrons. The first kappa shape index (κ1) is 19.7. The Bertz CT molecular complexity index is 725. The van der Waals surface area contributed by atoms with Crippen molar-refractivity contribution in [3.05, 3.63) is 58.7 Å². The molecular weight excluding hydrogens is 328 g/mol. The van der Waals surface area contributed by atoms with Crippen LogP contribution in [-0.2, 0) is 12.8 Å². The first-order valence-electron chi connectivity index (χ1n) is 9.19. The van der Waals surface area contributed by atoms with Crippen molar-refractivity contribution in [3.63, 3.8) is 0 Å². The van der Waals surface area contributed by atoms with Gasteiger partial charge in [0.05, 0.1) is 0 Å². The van der Waals surface area contributed by atoms with Gasteiger partial charge in [0.1, 0.15) is 11.5 Å². The number of ketones is 2. The van der Waals surface area contributed by atoms with E-state index in [9.17, 15) is 19.8 Å². The summed E-state index contributed by atoms with van der Waals surface area (Å²) in [4.78, 5) is 25.2. The van der Waals surface area contributed by atoms with Crippen molar-refractivity contribution in [2.45, 2.75) is 52.4 Å². The first-order chi connectivity index (χ1) is 12.4. The van der Waals surface area contributed by atoms with Crippen molar-refractivity contribution in [1.29, 1.82) is 0 Å². The van der Waals surface area contributed by atoms with E-state index in [4.69, 9.17) is 0 Å². The number of carbonyl (C=O) groups is 2. The lowest BCUT2D eigenvalue weighted by molar-refractivity contribution is 0.0816. The van der Waals surface area contributed by atoms with E-state index in [0.29, 0.717) is 0 Å². The van der Waals surface area contributed by atoms with E-state index < -0.39 is 11.6 Å². The van der Waals surface area contributed by atoms with Crippen LogP contribution in [0.4, 0.5) is 0 Å². The first-order valence-corrected chi connectivity index (χ1v) is 9.19. The highest BCUT2D eigenvalue weighted by Crippen LogP contribution is 2.22. The van der Waals surface area contributed by atoms with Crippen molar-refractivity contribution >= 4 is 11.6 Å². The summed E-state index contributed by atoms with van der Waals surface area (Å²) >= 11 is 0. The normalized spacial score (nSPS) is 10.7. The molecule has 0 saturated carbocycles. The monoisotopic (exact) mass is 354 g/mol. The molecule has 0 aliphatic carbocycles. The third-order valence-corrected chi connectivity index (χ3v) is 4.32. The van der Waals surface area contributed by atoms with Crippen LogP contribution >= 0.6 is 0 Å². The van der Waals surface area contributed by atoms with Crippen LogP contribution in [-0.4, -0.2) is 21.8 Å². The Balaban J connectivity index is 2.28. The van der Waals surface area contributed by atoms with Gasteiger partial charge in [-0.3, -0.25) is 9.59 Å². The number of aryl methyl sites for hydroxylation is 2. The number of Topliss-reactive ketones (excluding diaryl/α,β-unsaturated/α-hetero) is 2. The van der Waals surface area contributed by atoms with Gasteiger partial charge in [0.2, 0.25) is 11.6 Å². The lowest BCUT2D eigenvalue weighted by Gasteiger charge is -2.08. The number of aromatic hydroxyl groups is 2. The predicted molar refractivity (Wildman–Crippen MR) is 102 cm³/mol. The average molecular weight is 354 g/mol. The molecule has 0 aliphatic heterocycles. The van der Waals surface area contributed by atoms with Crippen LogP contribution < -0.4 is 0 Å². The van der Waals surface area contributed by atoms with Crippen LogP contribution in [0.1, 0.15) is 71.4 Å². The molecule has 2 aromatic rings. The number of rotatable bonds is 9. The summed E-state index contributed by atoms with van der Waals surface area (Å²) in [5, 5.41) is 19.8. The number of carbonyl (C=O) groups excluding carboxylic acids is 2. The number of phenolic OH excluding ortho intramolecular Hbond substituents is 2. The second-order valence-corrected chi connectivity index (χ2v) is 6.64. The Labute approximate surface area is 154 Å². The van der Waals surface area contributed by atoms with E-state index in [0.717, 1.165) is 49.7 Å². The summed E-state index contributed by atoms with van der Waals surface area (Å²) in [6.45, 7) is 4.13. The maximum absolute atomic E-state index is 12.6. The summed E-state index contributed by atoms with van der Waals surface area (Å²) in [6, 6.07) is 9.20. The van der Waals surface area contributed by atoms with Crippen LogP contribution in [0.15, 0.2) is 36.4 Å². The molecule has 0 aliphatic rings.